The second kappa shape index (κ2) is 54.0. The van der Waals surface area contributed by atoms with E-state index < -0.39 is 18.2 Å². The van der Waals surface area contributed by atoms with Crippen LogP contribution >= 0.6 is 0 Å². The number of nitrogens with one attached hydrogen (secondary N) is 1. The number of carbonyl (C=O) groups is 2. The third kappa shape index (κ3) is 48.5. The lowest BCUT2D eigenvalue weighted by molar-refractivity contribution is -0.151. The van der Waals surface area contributed by atoms with Crippen LogP contribution in [0.15, 0.2) is 36.5 Å². The molecule has 0 aromatic heterocycles. The summed E-state index contributed by atoms with van der Waals surface area (Å²) in [6.07, 6.45) is 65.0. The van der Waals surface area contributed by atoms with E-state index in [0.29, 0.717) is 19.3 Å². The van der Waals surface area contributed by atoms with Gasteiger partial charge in [-0.1, -0.05) is 256 Å². The largest absolute Gasteiger partial charge is 0.462 e. The van der Waals surface area contributed by atoms with Crippen LogP contribution in [-0.4, -0.2) is 46.9 Å². The molecule has 0 bridgehead atoms. The summed E-state index contributed by atoms with van der Waals surface area (Å²) in [4.78, 5) is 26.3. The Morgan fingerprint density at radius 1 is 0.439 bits per heavy atom. The molecular formula is C60H113NO5. The van der Waals surface area contributed by atoms with E-state index in [1.54, 1.807) is 0 Å². The Morgan fingerprint density at radius 2 is 0.773 bits per heavy atom. The molecule has 3 unspecified atom stereocenters. The number of aliphatic hydroxyl groups excluding tert-OH is 2. The molecule has 1 amide bonds. The summed E-state index contributed by atoms with van der Waals surface area (Å²) in [6.45, 7) is 6.48. The second-order valence-corrected chi connectivity index (χ2v) is 20.1. The molecule has 388 valence electrons. The van der Waals surface area contributed by atoms with Crippen LogP contribution < -0.4 is 5.32 Å². The van der Waals surface area contributed by atoms with Gasteiger partial charge in [0.25, 0.3) is 0 Å². The van der Waals surface area contributed by atoms with E-state index in [2.05, 4.69) is 62.5 Å². The van der Waals surface area contributed by atoms with Gasteiger partial charge in [-0.05, 0) is 77.0 Å². The van der Waals surface area contributed by atoms with E-state index in [9.17, 15) is 19.8 Å². The summed E-state index contributed by atoms with van der Waals surface area (Å²) in [5, 5.41) is 23.9. The molecule has 0 spiro atoms. The summed E-state index contributed by atoms with van der Waals surface area (Å²) in [5.41, 5.74) is 0. The van der Waals surface area contributed by atoms with Crippen LogP contribution in [0.25, 0.3) is 0 Å². The standard InChI is InChI=1S/C60H113NO5/c1-4-7-10-13-16-19-22-25-27-29-31-34-37-40-43-46-49-52-58(63)57(55-62)61-59(64)54-56(51-48-45-42-39-36-33-24-21-18-15-12-9-6-3)66-60(65)53-50-47-44-41-38-35-32-30-28-26-23-20-17-14-11-8-5-2/h18,21,24,26,28,33,56-58,62-63H,4-17,19-20,22-23,25,27,29-32,34-55H2,1-3H3,(H,61,64)/b21-18+,28-26+,33-24+. The predicted molar refractivity (Wildman–Crippen MR) is 287 cm³/mol. The van der Waals surface area contributed by atoms with Crippen molar-refractivity contribution in [2.75, 3.05) is 6.61 Å². The van der Waals surface area contributed by atoms with Gasteiger partial charge in [-0.25, -0.2) is 0 Å². The third-order valence-electron chi connectivity index (χ3n) is 13.5. The quantitative estimate of drug-likeness (QED) is 0.0244. The molecule has 0 saturated heterocycles. The number of unbranched alkanes of at least 4 members (excludes halogenated alkanes) is 36. The lowest BCUT2D eigenvalue weighted by Crippen LogP contribution is -2.46. The molecule has 0 radical (unpaired) electrons. The maximum absolute atomic E-state index is 13.3. The molecule has 3 N–H and O–H groups in total. The van der Waals surface area contributed by atoms with Crippen LogP contribution in [0.3, 0.4) is 0 Å². The Balaban J connectivity index is 4.51. The first kappa shape index (κ1) is 64.1. The van der Waals surface area contributed by atoms with E-state index in [4.69, 9.17) is 4.74 Å². The van der Waals surface area contributed by atoms with Gasteiger partial charge in [-0.2, -0.15) is 0 Å². The Kier molecular flexibility index (Phi) is 52.5. The highest BCUT2D eigenvalue weighted by Crippen LogP contribution is 2.18. The highest BCUT2D eigenvalue weighted by atomic mass is 16.5. The number of allylic oxidation sites excluding steroid dienone is 6. The Hall–Kier alpha value is -1.92. The molecule has 0 aliphatic rings. The zero-order chi connectivity index (χ0) is 48.1. The lowest BCUT2D eigenvalue weighted by atomic mass is 10.0. The van der Waals surface area contributed by atoms with Crippen molar-refractivity contribution in [1.82, 2.24) is 5.32 Å². The molecule has 0 rings (SSSR count). The zero-order valence-electron chi connectivity index (χ0n) is 44.3. The minimum absolute atomic E-state index is 0.0651. The highest BCUT2D eigenvalue weighted by molar-refractivity contribution is 5.77. The minimum Gasteiger partial charge on any atom is -0.462 e. The third-order valence-corrected chi connectivity index (χ3v) is 13.5. The zero-order valence-corrected chi connectivity index (χ0v) is 44.3. The van der Waals surface area contributed by atoms with Gasteiger partial charge in [0.1, 0.15) is 6.10 Å². The summed E-state index contributed by atoms with van der Waals surface area (Å²) in [5.74, 6) is -0.486. The monoisotopic (exact) mass is 928 g/mol. The summed E-state index contributed by atoms with van der Waals surface area (Å²) >= 11 is 0. The fraction of sp³-hybridized carbons (Fsp3) is 0.867. The number of carbonyl (C=O) groups excluding carboxylic acids is 2. The van der Waals surface area contributed by atoms with Crippen LogP contribution in [0.2, 0.25) is 0 Å². The van der Waals surface area contributed by atoms with Gasteiger partial charge >= 0.3 is 5.97 Å². The predicted octanol–water partition coefficient (Wildman–Crippen LogP) is 18.0. The van der Waals surface area contributed by atoms with E-state index in [0.717, 1.165) is 70.6 Å². The lowest BCUT2D eigenvalue weighted by Gasteiger charge is -2.24. The fourth-order valence-corrected chi connectivity index (χ4v) is 9.01. The molecule has 0 aromatic carbocycles. The van der Waals surface area contributed by atoms with Gasteiger partial charge in [-0.15, -0.1) is 0 Å². The van der Waals surface area contributed by atoms with Crippen LogP contribution in [0.4, 0.5) is 0 Å². The van der Waals surface area contributed by atoms with E-state index in [1.165, 1.54) is 193 Å². The van der Waals surface area contributed by atoms with Crippen LogP contribution in [0.5, 0.6) is 0 Å². The van der Waals surface area contributed by atoms with Crippen LogP contribution in [-0.2, 0) is 14.3 Å². The second-order valence-electron chi connectivity index (χ2n) is 20.1. The molecule has 0 aliphatic heterocycles. The van der Waals surface area contributed by atoms with Gasteiger partial charge in [0.05, 0.1) is 25.2 Å². The number of hydrogen-bond acceptors (Lipinski definition) is 5. The minimum atomic E-state index is -0.793. The molecule has 0 aliphatic carbocycles. The van der Waals surface area contributed by atoms with Gasteiger partial charge in [-0.3, -0.25) is 9.59 Å². The Bertz CT molecular complexity index is 1090. The Labute approximate surface area is 411 Å². The molecular weight excluding hydrogens is 815 g/mol. The van der Waals surface area contributed by atoms with Gasteiger partial charge in [0.2, 0.25) is 5.91 Å². The smallest absolute Gasteiger partial charge is 0.306 e. The van der Waals surface area contributed by atoms with Crippen molar-refractivity contribution < 1.29 is 24.5 Å². The number of ether oxygens (including phenoxy) is 1. The number of hydrogen-bond donors (Lipinski definition) is 3. The maximum atomic E-state index is 13.3. The first-order valence-corrected chi connectivity index (χ1v) is 29.2. The average Bonchev–Trinajstić information content (AvgIpc) is 3.31. The molecule has 0 saturated carbocycles. The van der Waals surface area contributed by atoms with Crippen molar-refractivity contribution in [3.63, 3.8) is 0 Å². The highest BCUT2D eigenvalue weighted by Gasteiger charge is 2.24. The molecule has 0 aromatic rings. The molecule has 66 heavy (non-hydrogen) atoms. The van der Waals surface area contributed by atoms with Crippen molar-refractivity contribution in [2.45, 2.75) is 328 Å². The molecule has 0 fully saturated rings. The van der Waals surface area contributed by atoms with E-state index in [1.807, 2.05) is 0 Å². The number of rotatable bonds is 53. The van der Waals surface area contributed by atoms with E-state index >= 15 is 0 Å². The molecule has 6 heteroatoms. The van der Waals surface area contributed by atoms with Gasteiger partial charge < -0.3 is 20.3 Å². The Morgan fingerprint density at radius 3 is 1.20 bits per heavy atom. The number of amides is 1. The SMILES string of the molecule is CCCCC/C=C/C=C/CCCCCCC(CC(=O)NC(CO)C(O)CCCCCCCCCCCCCCCCCCC)OC(=O)CCCCCCCCC/C=C/CCCCCCCC. The average molecular weight is 929 g/mol. The van der Waals surface area contributed by atoms with Crippen LogP contribution in [0.1, 0.15) is 310 Å². The van der Waals surface area contributed by atoms with Crippen molar-refractivity contribution >= 4 is 11.9 Å². The van der Waals surface area contributed by atoms with Gasteiger partial charge in [0, 0.05) is 6.42 Å². The normalized spacial score (nSPS) is 13.3. The van der Waals surface area contributed by atoms with Crippen LogP contribution in [0, 0.1) is 0 Å². The summed E-state index contributed by atoms with van der Waals surface area (Å²) < 4.78 is 5.95. The first-order valence-electron chi connectivity index (χ1n) is 29.2. The van der Waals surface area contributed by atoms with E-state index in [-0.39, 0.29) is 24.9 Å². The van der Waals surface area contributed by atoms with Gasteiger partial charge in [0.15, 0.2) is 0 Å². The molecule has 6 nitrogen and oxygen atoms in total. The van der Waals surface area contributed by atoms with Crippen molar-refractivity contribution in [1.29, 1.82) is 0 Å². The van der Waals surface area contributed by atoms with Crippen molar-refractivity contribution in [2.24, 2.45) is 0 Å². The van der Waals surface area contributed by atoms with Crippen molar-refractivity contribution in [3.05, 3.63) is 36.5 Å². The number of aliphatic hydroxyl groups is 2. The summed E-state index contributed by atoms with van der Waals surface area (Å²) in [6, 6.07) is -0.708. The fourth-order valence-electron chi connectivity index (χ4n) is 9.01. The molecule has 0 heterocycles. The number of esters is 1. The molecule has 3 atom stereocenters. The topological polar surface area (TPSA) is 95.9 Å². The van der Waals surface area contributed by atoms with Crippen molar-refractivity contribution in [3.8, 4) is 0 Å². The first-order chi connectivity index (χ1) is 32.5. The maximum Gasteiger partial charge on any atom is 0.306 e. The summed E-state index contributed by atoms with van der Waals surface area (Å²) in [7, 11) is 0.